The van der Waals surface area contributed by atoms with Crippen LogP contribution in [0.25, 0.3) is 0 Å². The molecule has 0 aliphatic carbocycles. The molecule has 2 aromatic rings. The first-order valence-electron chi connectivity index (χ1n) is 5.31. The fourth-order valence-corrected chi connectivity index (χ4v) is 2.20. The maximum absolute atomic E-state index is 11.0. The van der Waals surface area contributed by atoms with Crippen molar-refractivity contribution in [2.24, 2.45) is 0 Å². The van der Waals surface area contributed by atoms with Crippen molar-refractivity contribution in [2.75, 3.05) is 11.6 Å². The predicted octanol–water partition coefficient (Wildman–Crippen LogP) is 4.22. The molecule has 0 aliphatic rings. The third-order valence-corrected chi connectivity index (χ3v) is 3.56. The standard InChI is InChI=1S/C12H10BrN3O2S/c1-19-10-4-2-9(3-5-10)15-12-11(16(17)18)6-8(13)7-14-12/h2-7H,1H3,(H,14,15). The summed E-state index contributed by atoms with van der Waals surface area (Å²) < 4.78 is 0.572. The van der Waals surface area contributed by atoms with Crippen LogP contribution in [0.15, 0.2) is 45.9 Å². The normalized spacial score (nSPS) is 10.2. The van der Waals surface area contributed by atoms with Crippen LogP contribution in [0.4, 0.5) is 17.2 Å². The molecular formula is C12H10BrN3O2S. The number of halogens is 1. The maximum Gasteiger partial charge on any atom is 0.312 e. The molecule has 5 nitrogen and oxygen atoms in total. The summed E-state index contributed by atoms with van der Waals surface area (Å²) in [6, 6.07) is 9.03. The number of rotatable bonds is 4. The van der Waals surface area contributed by atoms with E-state index < -0.39 is 4.92 Å². The molecule has 0 saturated heterocycles. The maximum atomic E-state index is 11.0. The summed E-state index contributed by atoms with van der Waals surface area (Å²) in [7, 11) is 0. The molecule has 0 unspecified atom stereocenters. The molecule has 1 heterocycles. The van der Waals surface area contributed by atoms with Crippen LogP contribution in [0, 0.1) is 10.1 Å². The number of hydrogen-bond acceptors (Lipinski definition) is 5. The first-order valence-corrected chi connectivity index (χ1v) is 7.33. The average Bonchev–Trinajstić information content (AvgIpc) is 2.41. The Morgan fingerprint density at radius 2 is 2.05 bits per heavy atom. The Hall–Kier alpha value is -1.60. The molecule has 7 heteroatoms. The molecule has 0 fully saturated rings. The molecule has 1 N–H and O–H groups in total. The number of benzene rings is 1. The quantitative estimate of drug-likeness (QED) is 0.513. The number of nitrogens with one attached hydrogen (secondary N) is 1. The highest BCUT2D eigenvalue weighted by atomic mass is 79.9. The minimum atomic E-state index is -0.462. The van der Waals surface area contributed by atoms with Crippen molar-refractivity contribution in [2.45, 2.75) is 4.90 Å². The van der Waals surface area contributed by atoms with E-state index in [0.29, 0.717) is 4.47 Å². The van der Waals surface area contributed by atoms with Gasteiger partial charge in [0, 0.05) is 27.3 Å². The van der Waals surface area contributed by atoms with E-state index in [9.17, 15) is 10.1 Å². The topological polar surface area (TPSA) is 68.1 Å². The minimum Gasteiger partial charge on any atom is -0.334 e. The van der Waals surface area contributed by atoms with E-state index in [1.54, 1.807) is 11.8 Å². The zero-order chi connectivity index (χ0) is 13.8. The Kier molecular flexibility index (Phi) is 4.39. The molecule has 0 spiro atoms. The van der Waals surface area contributed by atoms with Gasteiger partial charge in [0.1, 0.15) is 0 Å². The highest BCUT2D eigenvalue weighted by Crippen LogP contribution is 2.28. The van der Waals surface area contributed by atoms with Crippen LogP contribution in [0.2, 0.25) is 0 Å². The Morgan fingerprint density at radius 1 is 1.37 bits per heavy atom. The van der Waals surface area contributed by atoms with Crippen LogP contribution < -0.4 is 5.32 Å². The van der Waals surface area contributed by atoms with Gasteiger partial charge in [0.2, 0.25) is 5.82 Å². The van der Waals surface area contributed by atoms with E-state index in [4.69, 9.17) is 0 Å². The zero-order valence-corrected chi connectivity index (χ0v) is 12.4. The molecule has 1 aromatic heterocycles. The second-order valence-corrected chi connectivity index (χ2v) is 5.43. The molecule has 0 atom stereocenters. The van der Waals surface area contributed by atoms with E-state index in [0.717, 1.165) is 10.6 Å². The summed E-state index contributed by atoms with van der Waals surface area (Å²) in [5.74, 6) is 0.227. The number of thioether (sulfide) groups is 1. The smallest absolute Gasteiger partial charge is 0.312 e. The van der Waals surface area contributed by atoms with Crippen molar-refractivity contribution in [1.29, 1.82) is 0 Å². The van der Waals surface area contributed by atoms with Crippen molar-refractivity contribution in [3.63, 3.8) is 0 Å². The predicted molar refractivity (Wildman–Crippen MR) is 80.1 cm³/mol. The molecule has 2 rings (SSSR count). The van der Waals surface area contributed by atoms with Gasteiger partial charge in [-0.05, 0) is 46.5 Å². The van der Waals surface area contributed by atoms with Gasteiger partial charge in [-0.2, -0.15) is 0 Å². The number of nitrogens with zero attached hydrogens (tertiary/aromatic N) is 2. The van der Waals surface area contributed by atoms with Gasteiger partial charge in [-0.25, -0.2) is 4.98 Å². The summed E-state index contributed by atoms with van der Waals surface area (Å²) in [6.45, 7) is 0. The second kappa shape index (κ2) is 6.03. The Bertz CT molecular complexity index is 604. The minimum absolute atomic E-state index is 0.0664. The van der Waals surface area contributed by atoms with E-state index in [1.807, 2.05) is 30.5 Å². The van der Waals surface area contributed by atoms with Gasteiger partial charge in [0.05, 0.1) is 4.92 Å². The Balaban J connectivity index is 2.29. The van der Waals surface area contributed by atoms with Crippen molar-refractivity contribution < 1.29 is 4.92 Å². The Morgan fingerprint density at radius 3 is 2.63 bits per heavy atom. The second-order valence-electron chi connectivity index (χ2n) is 3.63. The van der Waals surface area contributed by atoms with Gasteiger partial charge < -0.3 is 5.32 Å². The largest absolute Gasteiger partial charge is 0.334 e. The van der Waals surface area contributed by atoms with Crippen molar-refractivity contribution in [1.82, 2.24) is 4.98 Å². The van der Waals surface area contributed by atoms with E-state index in [1.165, 1.54) is 12.3 Å². The van der Waals surface area contributed by atoms with Crippen LogP contribution in [0.5, 0.6) is 0 Å². The summed E-state index contributed by atoms with van der Waals surface area (Å²) >= 11 is 4.81. The zero-order valence-electron chi connectivity index (χ0n) is 9.96. The highest BCUT2D eigenvalue weighted by Gasteiger charge is 2.15. The molecular weight excluding hydrogens is 330 g/mol. The summed E-state index contributed by atoms with van der Waals surface area (Å²) in [4.78, 5) is 15.7. The van der Waals surface area contributed by atoms with Crippen LogP contribution >= 0.6 is 27.7 Å². The summed E-state index contributed by atoms with van der Waals surface area (Å²) in [6.07, 6.45) is 3.51. The third-order valence-electron chi connectivity index (χ3n) is 2.38. The van der Waals surface area contributed by atoms with Crippen LogP contribution in [-0.4, -0.2) is 16.2 Å². The summed E-state index contributed by atoms with van der Waals surface area (Å²) in [5.41, 5.74) is 0.694. The van der Waals surface area contributed by atoms with Gasteiger partial charge in [-0.15, -0.1) is 11.8 Å². The van der Waals surface area contributed by atoms with E-state index in [2.05, 4.69) is 26.2 Å². The van der Waals surface area contributed by atoms with Crippen LogP contribution in [-0.2, 0) is 0 Å². The van der Waals surface area contributed by atoms with Gasteiger partial charge in [-0.3, -0.25) is 10.1 Å². The van der Waals surface area contributed by atoms with Crippen LogP contribution in [0.1, 0.15) is 0 Å². The summed E-state index contributed by atoms with van der Waals surface area (Å²) in [5, 5.41) is 13.9. The molecule has 1 aromatic carbocycles. The molecule has 0 amide bonds. The first-order chi connectivity index (χ1) is 9.10. The molecule has 0 saturated carbocycles. The molecule has 0 radical (unpaired) electrons. The molecule has 19 heavy (non-hydrogen) atoms. The first kappa shape index (κ1) is 13.8. The van der Waals surface area contributed by atoms with Crippen molar-refractivity contribution in [3.8, 4) is 0 Å². The van der Waals surface area contributed by atoms with Gasteiger partial charge >= 0.3 is 5.69 Å². The average molecular weight is 340 g/mol. The highest BCUT2D eigenvalue weighted by molar-refractivity contribution is 9.10. The lowest BCUT2D eigenvalue weighted by molar-refractivity contribution is -0.384. The SMILES string of the molecule is CSc1ccc(Nc2ncc(Br)cc2[N+](=O)[O-])cc1. The lowest BCUT2D eigenvalue weighted by atomic mass is 10.3. The number of pyridine rings is 1. The lowest BCUT2D eigenvalue weighted by Crippen LogP contribution is -1.99. The monoisotopic (exact) mass is 339 g/mol. The number of anilines is 2. The van der Waals surface area contributed by atoms with Gasteiger partial charge in [0.15, 0.2) is 0 Å². The van der Waals surface area contributed by atoms with E-state index in [-0.39, 0.29) is 11.5 Å². The van der Waals surface area contributed by atoms with Gasteiger partial charge in [0.25, 0.3) is 0 Å². The molecule has 98 valence electrons. The van der Waals surface area contributed by atoms with Crippen molar-refractivity contribution >= 4 is 44.9 Å². The fourth-order valence-electron chi connectivity index (χ4n) is 1.48. The van der Waals surface area contributed by atoms with Crippen molar-refractivity contribution in [3.05, 3.63) is 51.1 Å². The number of hydrogen-bond donors (Lipinski definition) is 1. The number of nitro groups is 1. The van der Waals surface area contributed by atoms with E-state index >= 15 is 0 Å². The lowest BCUT2D eigenvalue weighted by Gasteiger charge is -2.06. The fraction of sp³-hybridized carbons (Fsp3) is 0.0833. The van der Waals surface area contributed by atoms with Gasteiger partial charge in [-0.1, -0.05) is 0 Å². The Labute approximate surface area is 122 Å². The third kappa shape index (κ3) is 3.45. The van der Waals surface area contributed by atoms with Crippen LogP contribution in [0.3, 0.4) is 0 Å². The molecule has 0 aliphatic heterocycles. The molecule has 0 bridgehead atoms. The number of aromatic nitrogens is 1.